The summed E-state index contributed by atoms with van der Waals surface area (Å²) in [4.78, 5) is 0. The van der Waals surface area contributed by atoms with Crippen molar-refractivity contribution in [3.05, 3.63) is 0 Å². The fourth-order valence-electron chi connectivity index (χ4n) is 2.72. The minimum absolute atomic E-state index is 0.0994. The first-order valence-electron chi connectivity index (χ1n) is 7.10. The van der Waals surface area contributed by atoms with Crippen LogP contribution in [0.1, 0.15) is 65.7 Å². The molecule has 2 heteroatoms. The summed E-state index contributed by atoms with van der Waals surface area (Å²) in [6.07, 6.45) is 9.12. The molecule has 0 aromatic heterocycles. The van der Waals surface area contributed by atoms with E-state index in [4.69, 9.17) is 4.74 Å². The lowest BCUT2D eigenvalue weighted by Gasteiger charge is -2.34. The van der Waals surface area contributed by atoms with E-state index < -0.39 is 0 Å². The molecule has 1 saturated heterocycles. The average Bonchev–Trinajstić information content (AvgIpc) is 2.71. The molecule has 0 spiro atoms. The van der Waals surface area contributed by atoms with Crippen LogP contribution >= 0.6 is 0 Å². The van der Waals surface area contributed by atoms with Gasteiger partial charge in [0.2, 0.25) is 0 Å². The SMILES string of the molecule is CCCCCCC(NCC)C1(C)CCCO1. The number of rotatable bonds is 8. The fraction of sp³-hybridized carbons (Fsp3) is 1.00. The summed E-state index contributed by atoms with van der Waals surface area (Å²) in [6.45, 7) is 8.75. The number of likely N-dealkylation sites (N-methyl/N-ethyl adjacent to an activating group) is 1. The third-order valence-electron chi connectivity index (χ3n) is 3.78. The second-order valence-electron chi connectivity index (χ2n) is 5.22. The summed E-state index contributed by atoms with van der Waals surface area (Å²) in [7, 11) is 0. The van der Waals surface area contributed by atoms with E-state index >= 15 is 0 Å². The molecule has 2 nitrogen and oxygen atoms in total. The van der Waals surface area contributed by atoms with Crippen LogP contribution in [0.4, 0.5) is 0 Å². The van der Waals surface area contributed by atoms with Crippen molar-refractivity contribution in [1.29, 1.82) is 0 Å². The maximum atomic E-state index is 5.95. The van der Waals surface area contributed by atoms with Crippen LogP contribution in [0.3, 0.4) is 0 Å². The number of hydrogen-bond acceptors (Lipinski definition) is 2. The molecular weight excluding hydrogens is 198 g/mol. The first-order valence-corrected chi connectivity index (χ1v) is 7.10. The Kier molecular flexibility index (Phi) is 6.37. The highest BCUT2D eigenvalue weighted by molar-refractivity contribution is 4.92. The highest BCUT2D eigenvalue weighted by atomic mass is 16.5. The van der Waals surface area contributed by atoms with E-state index in [1.54, 1.807) is 0 Å². The predicted molar refractivity (Wildman–Crippen MR) is 69.8 cm³/mol. The van der Waals surface area contributed by atoms with Crippen molar-refractivity contribution in [2.45, 2.75) is 77.4 Å². The lowest BCUT2D eigenvalue weighted by molar-refractivity contribution is -0.0140. The van der Waals surface area contributed by atoms with Gasteiger partial charge >= 0.3 is 0 Å². The van der Waals surface area contributed by atoms with Crippen LogP contribution in [0.15, 0.2) is 0 Å². The summed E-state index contributed by atoms with van der Waals surface area (Å²) in [6, 6.07) is 0.553. The van der Waals surface area contributed by atoms with Gasteiger partial charge in [0.25, 0.3) is 0 Å². The van der Waals surface area contributed by atoms with Gasteiger partial charge in [0.1, 0.15) is 0 Å². The minimum atomic E-state index is 0.0994. The molecule has 0 amide bonds. The molecule has 0 bridgehead atoms. The van der Waals surface area contributed by atoms with Gasteiger partial charge in [0.15, 0.2) is 0 Å². The van der Waals surface area contributed by atoms with Gasteiger partial charge < -0.3 is 10.1 Å². The Hall–Kier alpha value is -0.0800. The number of hydrogen-bond donors (Lipinski definition) is 1. The molecule has 0 aromatic rings. The molecule has 0 aromatic carbocycles. The molecule has 1 rings (SSSR count). The van der Waals surface area contributed by atoms with E-state index in [0.29, 0.717) is 6.04 Å². The minimum Gasteiger partial charge on any atom is -0.374 e. The first-order chi connectivity index (χ1) is 7.73. The number of nitrogens with one attached hydrogen (secondary N) is 1. The fourth-order valence-corrected chi connectivity index (χ4v) is 2.72. The van der Waals surface area contributed by atoms with Gasteiger partial charge in [-0.25, -0.2) is 0 Å². The van der Waals surface area contributed by atoms with E-state index in [-0.39, 0.29) is 5.60 Å². The zero-order valence-corrected chi connectivity index (χ0v) is 11.3. The standard InChI is InChI=1S/C14H29NO/c1-4-6-7-8-10-13(15-5-2)14(3)11-9-12-16-14/h13,15H,4-12H2,1-3H3. The van der Waals surface area contributed by atoms with Crippen molar-refractivity contribution in [3.63, 3.8) is 0 Å². The van der Waals surface area contributed by atoms with Crippen molar-refractivity contribution < 1.29 is 4.74 Å². The molecule has 1 N–H and O–H groups in total. The summed E-state index contributed by atoms with van der Waals surface area (Å²) in [5.74, 6) is 0. The van der Waals surface area contributed by atoms with Gasteiger partial charge in [-0.2, -0.15) is 0 Å². The quantitative estimate of drug-likeness (QED) is 0.641. The van der Waals surface area contributed by atoms with Crippen molar-refractivity contribution >= 4 is 0 Å². The smallest absolute Gasteiger partial charge is 0.0807 e. The van der Waals surface area contributed by atoms with Gasteiger partial charge in [-0.15, -0.1) is 0 Å². The monoisotopic (exact) mass is 227 g/mol. The first kappa shape index (κ1) is 14.0. The van der Waals surface area contributed by atoms with Crippen molar-refractivity contribution in [1.82, 2.24) is 5.32 Å². The molecule has 1 heterocycles. The van der Waals surface area contributed by atoms with Crippen LogP contribution in [-0.4, -0.2) is 24.8 Å². The van der Waals surface area contributed by atoms with Crippen LogP contribution in [0.2, 0.25) is 0 Å². The maximum absolute atomic E-state index is 5.95. The Morgan fingerprint density at radius 1 is 1.25 bits per heavy atom. The summed E-state index contributed by atoms with van der Waals surface area (Å²) >= 11 is 0. The second kappa shape index (κ2) is 7.29. The van der Waals surface area contributed by atoms with E-state index in [1.165, 1.54) is 44.9 Å². The molecule has 0 aliphatic carbocycles. The molecule has 1 aliphatic heterocycles. The third-order valence-corrected chi connectivity index (χ3v) is 3.78. The van der Waals surface area contributed by atoms with Crippen LogP contribution in [0.5, 0.6) is 0 Å². The van der Waals surface area contributed by atoms with Gasteiger partial charge in [-0.3, -0.25) is 0 Å². The Bertz CT molecular complexity index is 176. The Morgan fingerprint density at radius 2 is 2.06 bits per heavy atom. The largest absolute Gasteiger partial charge is 0.374 e. The maximum Gasteiger partial charge on any atom is 0.0807 e. The van der Waals surface area contributed by atoms with Crippen LogP contribution in [0.25, 0.3) is 0 Å². The zero-order valence-electron chi connectivity index (χ0n) is 11.3. The highest BCUT2D eigenvalue weighted by Gasteiger charge is 2.37. The van der Waals surface area contributed by atoms with Gasteiger partial charge in [0.05, 0.1) is 5.60 Å². The molecular formula is C14H29NO. The van der Waals surface area contributed by atoms with Gasteiger partial charge in [0, 0.05) is 12.6 Å². The van der Waals surface area contributed by atoms with E-state index in [1.807, 2.05) is 0 Å². The van der Waals surface area contributed by atoms with Crippen molar-refractivity contribution in [2.75, 3.05) is 13.2 Å². The summed E-state index contributed by atoms with van der Waals surface area (Å²) in [5.41, 5.74) is 0.0994. The highest BCUT2D eigenvalue weighted by Crippen LogP contribution is 2.31. The zero-order chi connectivity index (χ0) is 11.9. The summed E-state index contributed by atoms with van der Waals surface area (Å²) < 4.78 is 5.95. The molecule has 1 fully saturated rings. The molecule has 2 unspecified atom stereocenters. The third kappa shape index (κ3) is 4.06. The van der Waals surface area contributed by atoms with Gasteiger partial charge in [-0.05, 0) is 32.7 Å². The van der Waals surface area contributed by atoms with Crippen LogP contribution in [0, 0.1) is 0 Å². The average molecular weight is 227 g/mol. The molecule has 2 atom stereocenters. The van der Waals surface area contributed by atoms with E-state index in [2.05, 4.69) is 26.1 Å². The lowest BCUT2D eigenvalue weighted by Crippen LogP contribution is -2.48. The normalized spacial score (nSPS) is 27.2. The predicted octanol–water partition coefficient (Wildman–Crippen LogP) is 3.50. The van der Waals surface area contributed by atoms with Crippen LogP contribution in [-0.2, 0) is 4.74 Å². The molecule has 16 heavy (non-hydrogen) atoms. The molecule has 0 radical (unpaired) electrons. The lowest BCUT2D eigenvalue weighted by atomic mass is 9.89. The number of ether oxygens (including phenoxy) is 1. The molecule has 0 saturated carbocycles. The number of unbranched alkanes of at least 4 members (excludes halogenated alkanes) is 3. The van der Waals surface area contributed by atoms with E-state index in [0.717, 1.165) is 13.2 Å². The van der Waals surface area contributed by atoms with Gasteiger partial charge in [-0.1, -0.05) is 39.5 Å². The summed E-state index contributed by atoms with van der Waals surface area (Å²) in [5, 5.41) is 3.62. The topological polar surface area (TPSA) is 21.3 Å². The Balaban J connectivity index is 2.34. The second-order valence-corrected chi connectivity index (χ2v) is 5.22. The van der Waals surface area contributed by atoms with E-state index in [9.17, 15) is 0 Å². The van der Waals surface area contributed by atoms with Crippen LogP contribution < -0.4 is 5.32 Å². The Morgan fingerprint density at radius 3 is 2.62 bits per heavy atom. The van der Waals surface area contributed by atoms with Crippen molar-refractivity contribution in [2.24, 2.45) is 0 Å². The molecule has 96 valence electrons. The van der Waals surface area contributed by atoms with Crippen molar-refractivity contribution in [3.8, 4) is 0 Å². The molecule has 1 aliphatic rings. The Labute approximate surface area is 101 Å².